The van der Waals surface area contributed by atoms with Gasteiger partial charge in [0, 0.05) is 11.4 Å². The third-order valence-electron chi connectivity index (χ3n) is 2.72. The van der Waals surface area contributed by atoms with Crippen molar-refractivity contribution < 1.29 is 14.3 Å². The Morgan fingerprint density at radius 3 is 2.68 bits per heavy atom. The predicted octanol–water partition coefficient (Wildman–Crippen LogP) is 2.67. The number of nitrogens with one attached hydrogen (secondary N) is 1. The summed E-state index contributed by atoms with van der Waals surface area (Å²) in [6.07, 6.45) is 0. The Balaban J connectivity index is 2.28. The Morgan fingerprint density at radius 2 is 2.00 bits per heavy atom. The summed E-state index contributed by atoms with van der Waals surface area (Å²) in [5, 5.41) is 11.9. The molecular formula is C14H13FN2O2. The van der Waals surface area contributed by atoms with E-state index in [4.69, 9.17) is 5.73 Å². The number of anilines is 2. The van der Waals surface area contributed by atoms with Crippen LogP contribution in [0.5, 0.6) is 5.75 Å². The number of benzene rings is 2. The third-order valence-corrected chi connectivity index (χ3v) is 2.72. The van der Waals surface area contributed by atoms with Crippen LogP contribution in [0.3, 0.4) is 0 Å². The van der Waals surface area contributed by atoms with Gasteiger partial charge in [-0.25, -0.2) is 4.39 Å². The lowest BCUT2D eigenvalue weighted by molar-refractivity contribution is 0.102. The molecule has 2 aromatic carbocycles. The van der Waals surface area contributed by atoms with Crippen LogP contribution in [0.1, 0.15) is 15.9 Å². The minimum absolute atomic E-state index is 0.0764. The number of hydrogen-bond acceptors (Lipinski definition) is 3. The summed E-state index contributed by atoms with van der Waals surface area (Å²) in [6, 6.07) is 8.16. The summed E-state index contributed by atoms with van der Waals surface area (Å²) in [7, 11) is 0. The highest BCUT2D eigenvalue weighted by Gasteiger charge is 2.12. The first-order chi connectivity index (χ1) is 8.97. The van der Waals surface area contributed by atoms with E-state index in [-0.39, 0.29) is 17.0 Å². The standard InChI is InChI=1S/C14H13FN2O2/c1-8-6-10(18)3-5-13(8)17-14(19)11-7-9(15)2-4-12(11)16/h2-7,18H,16H2,1H3,(H,17,19). The minimum Gasteiger partial charge on any atom is -0.508 e. The number of nitrogens with two attached hydrogens (primary N) is 1. The first-order valence-corrected chi connectivity index (χ1v) is 5.63. The number of phenols is 1. The number of carbonyl (C=O) groups excluding carboxylic acids is 1. The second kappa shape index (κ2) is 4.97. The second-order valence-electron chi connectivity index (χ2n) is 4.18. The topological polar surface area (TPSA) is 75.3 Å². The zero-order valence-electron chi connectivity index (χ0n) is 10.3. The maximum atomic E-state index is 13.1. The second-order valence-corrected chi connectivity index (χ2v) is 4.18. The van der Waals surface area contributed by atoms with Crippen molar-refractivity contribution in [3.05, 3.63) is 53.3 Å². The Bertz CT molecular complexity index is 641. The van der Waals surface area contributed by atoms with Crippen molar-refractivity contribution in [3.8, 4) is 5.75 Å². The van der Waals surface area contributed by atoms with E-state index in [0.717, 1.165) is 6.07 Å². The molecule has 0 spiro atoms. The fraction of sp³-hybridized carbons (Fsp3) is 0.0714. The SMILES string of the molecule is Cc1cc(O)ccc1NC(=O)c1cc(F)ccc1N. The van der Waals surface area contributed by atoms with Gasteiger partial charge in [-0.2, -0.15) is 0 Å². The molecule has 0 unspecified atom stereocenters. The molecule has 4 nitrogen and oxygen atoms in total. The predicted molar refractivity (Wildman–Crippen MR) is 71.6 cm³/mol. The number of rotatable bonds is 2. The van der Waals surface area contributed by atoms with Crippen molar-refractivity contribution >= 4 is 17.3 Å². The van der Waals surface area contributed by atoms with Crippen LogP contribution in [0.15, 0.2) is 36.4 Å². The molecule has 0 aromatic heterocycles. The van der Waals surface area contributed by atoms with Crippen LogP contribution in [0, 0.1) is 12.7 Å². The first-order valence-electron chi connectivity index (χ1n) is 5.63. The van der Waals surface area contributed by atoms with Crippen LogP contribution in [-0.2, 0) is 0 Å². The summed E-state index contributed by atoms with van der Waals surface area (Å²) in [6.45, 7) is 1.74. The van der Waals surface area contributed by atoms with E-state index in [0.29, 0.717) is 11.3 Å². The molecule has 0 saturated heterocycles. The molecule has 1 amide bonds. The molecule has 0 fully saturated rings. The molecule has 0 aliphatic heterocycles. The van der Waals surface area contributed by atoms with Crippen molar-refractivity contribution in [2.24, 2.45) is 0 Å². The van der Waals surface area contributed by atoms with Crippen LogP contribution in [-0.4, -0.2) is 11.0 Å². The zero-order chi connectivity index (χ0) is 14.0. The molecule has 0 radical (unpaired) electrons. The fourth-order valence-electron chi connectivity index (χ4n) is 1.70. The number of aromatic hydroxyl groups is 1. The van der Waals surface area contributed by atoms with Gasteiger partial charge in [-0.3, -0.25) is 4.79 Å². The Labute approximate surface area is 109 Å². The number of aryl methyl sites for hydroxylation is 1. The summed E-state index contributed by atoms with van der Waals surface area (Å²) in [5.74, 6) is -0.909. The fourth-order valence-corrected chi connectivity index (χ4v) is 1.70. The zero-order valence-corrected chi connectivity index (χ0v) is 10.3. The van der Waals surface area contributed by atoms with Gasteiger partial charge in [-0.05, 0) is 48.9 Å². The quantitative estimate of drug-likeness (QED) is 0.574. The Morgan fingerprint density at radius 1 is 1.26 bits per heavy atom. The van der Waals surface area contributed by atoms with Gasteiger partial charge in [-0.15, -0.1) is 0 Å². The normalized spacial score (nSPS) is 10.2. The van der Waals surface area contributed by atoms with E-state index < -0.39 is 11.7 Å². The first kappa shape index (κ1) is 12.9. The van der Waals surface area contributed by atoms with Crippen LogP contribution < -0.4 is 11.1 Å². The van der Waals surface area contributed by atoms with Crippen LogP contribution >= 0.6 is 0 Å². The van der Waals surface area contributed by atoms with Gasteiger partial charge in [0.2, 0.25) is 0 Å². The van der Waals surface area contributed by atoms with Crippen molar-refractivity contribution in [1.29, 1.82) is 0 Å². The van der Waals surface area contributed by atoms with E-state index in [1.807, 2.05) is 0 Å². The minimum atomic E-state index is -0.526. The monoisotopic (exact) mass is 260 g/mol. The summed E-state index contributed by atoms with van der Waals surface area (Å²) >= 11 is 0. The number of phenolic OH excluding ortho intramolecular Hbond substituents is 1. The molecule has 0 saturated carbocycles. The lowest BCUT2D eigenvalue weighted by atomic mass is 10.1. The molecule has 0 heterocycles. The van der Waals surface area contributed by atoms with Gasteiger partial charge in [0.15, 0.2) is 0 Å². The van der Waals surface area contributed by atoms with Gasteiger partial charge < -0.3 is 16.2 Å². The molecule has 0 aliphatic rings. The highest BCUT2D eigenvalue weighted by atomic mass is 19.1. The van der Waals surface area contributed by atoms with Gasteiger partial charge in [0.05, 0.1) is 5.56 Å². The van der Waals surface area contributed by atoms with E-state index in [2.05, 4.69) is 5.32 Å². The molecule has 19 heavy (non-hydrogen) atoms. The number of halogens is 1. The smallest absolute Gasteiger partial charge is 0.257 e. The van der Waals surface area contributed by atoms with Gasteiger partial charge >= 0.3 is 0 Å². The van der Waals surface area contributed by atoms with E-state index in [1.165, 1.54) is 24.3 Å². The molecule has 2 rings (SSSR count). The summed E-state index contributed by atoms with van der Waals surface area (Å²) < 4.78 is 13.1. The molecule has 0 aliphatic carbocycles. The molecule has 0 atom stereocenters. The van der Waals surface area contributed by atoms with Crippen molar-refractivity contribution in [3.63, 3.8) is 0 Å². The molecule has 98 valence electrons. The largest absolute Gasteiger partial charge is 0.508 e. The lowest BCUT2D eigenvalue weighted by Crippen LogP contribution is -2.15. The lowest BCUT2D eigenvalue weighted by Gasteiger charge is -2.10. The summed E-state index contributed by atoms with van der Waals surface area (Å²) in [5.41, 5.74) is 7.15. The van der Waals surface area contributed by atoms with Crippen LogP contribution in [0.2, 0.25) is 0 Å². The van der Waals surface area contributed by atoms with Gasteiger partial charge in [0.25, 0.3) is 5.91 Å². The Hall–Kier alpha value is -2.56. The highest BCUT2D eigenvalue weighted by molar-refractivity contribution is 6.08. The molecule has 4 N–H and O–H groups in total. The summed E-state index contributed by atoms with van der Waals surface area (Å²) in [4.78, 5) is 12.0. The van der Waals surface area contributed by atoms with E-state index in [1.54, 1.807) is 13.0 Å². The average molecular weight is 260 g/mol. The van der Waals surface area contributed by atoms with Gasteiger partial charge in [0.1, 0.15) is 11.6 Å². The highest BCUT2D eigenvalue weighted by Crippen LogP contribution is 2.22. The maximum Gasteiger partial charge on any atom is 0.257 e. The van der Waals surface area contributed by atoms with Crippen LogP contribution in [0.25, 0.3) is 0 Å². The Kier molecular flexibility index (Phi) is 3.37. The molecular weight excluding hydrogens is 247 g/mol. The van der Waals surface area contributed by atoms with E-state index >= 15 is 0 Å². The molecule has 2 aromatic rings. The number of amides is 1. The van der Waals surface area contributed by atoms with Crippen molar-refractivity contribution in [2.45, 2.75) is 6.92 Å². The number of hydrogen-bond donors (Lipinski definition) is 3. The number of carbonyl (C=O) groups is 1. The number of nitrogen functional groups attached to an aromatic ring is 1. The average Bonchev–Trinajstić information content (AvgIpc) is 2.35. The van der Waals surface area contributed by atoms with Gasteiger partial charge in [-0.1, -0.05) is 0 Å². The molecule has 5 heteroatoms. The van der Waals surface area contributed by atoms with Crippen molar-refractivity contribution in [1.82, 2.24) is 0 Å². The molecule has 0 bridgehead atoms. The van der Waals surface area contributed by atoms with E-state index in [9.17, 15) is 14.3 Å². The third kappa shape index (κ3) is 2.82. The maximum absolute atomic E-state index is 13.1. The van der Waals surface area contributed by atoms with Crippen molar-refractivity contribution in [2.75, 3.05) is 11.1 Å². The van der Waals surface area contributed by atoms with Crippen LogP contribution in [0.4, 0.5) is 15.8 Å².